The number of aliphatic carboxylic acids is 1. The standard InChI is InChI=1S/C32H30FN3O7S/c1-43-26-16-19(7-11-25(26)33)28(35-20-8-6-18-12-14-34-30(37)24(18)17-20)31(38)36-15-13-23(32(39)40)29(36)22-4-2-3-5-27(22)44(41,42)21-9-10-21/h2-8,11-12,14,16-17,21,23,28-29,35H,9-10,13,15H2,1H3,(H,34,37)(H,39,40). The summed E-state index contributed by atoms with van der Waals surface area (Å²) < 4.78 is 46.4. The highest BCUT2D eigenvalue weighted by molar-refractivity contribution is 7.92. The minimum Gasteiger partial charge on any atom is -0.494 e. The van der Waals surface area contributed by atoms with Gasteiger partial charge in [0.15, 0.2) is 21.4 Å². The average Bonchev–Trinajstić information content (AvgIpc) is 3.79. The number of likely N-dealkylation sites (tertiary alicyclic amines) is 1. The fourth-order valence-electron chi connectivity index (χ4n) is 5.97. The monoisotopic (exact) mass is 619 g/mol. The Morgan fingerprint density at radius 2 is 1.84 bits per heavy atom. The van der Waals surface area contributed by atoms with E-state index in [2.05, 4.69) is 10.3 Å². The summed E-state index contributed by atoms with van der Waals surface area (Å²) >= 11 is 0. The molecular formula is C32H30FN3O7S. The number of amides is 1. The van der Waals surface area contributed by atoms with Gasteiger partial charge in [0.2, 0.25) is 5.91 Å². The van der Waals surface area contributed by atoms with Crippen LogP contribution in [0.5, 0.6) is 5.75 Å². The van der Waals surface area contributed by atoms with Gasteiger partial charge in [-0.2, -0.15) is 0 Å². The third-order valence-electron chi connectivity index (χ3n) is 8.35. The number of aromatic nitrogens is 1. The minimum atomic E-state index is -3.73. The van der Waals surface area contributed by atoms with Gasteiger partial charge in [-0.05, 0) is 72.2 Å². The van der Waals surface area contributed by atoms with Crippen molar-refractivity contribution in [3.8, 4) is 5.75 Å². The molecule has 0 radical (unpaired) electrons. The lowest BCUT2D eigenvalue weighted by Crippen LogP contribution is -2.40. The van der Waals surface area contributed by atoms with Crippen molar-refractivity contribution in [2.45, 2.75) is 41.5 Å². The van der Waals surface area contributed by atoms with Gasteiger partial charge in [-0.1, -0.05) is 30.3 Å². The van der Waals surface area contributed by atoms with E-state index in [-0.39, 0.29) is 34.7 Å². The van der Waals surface area contributed by atoms with Crippen LogP contribution in [0.25, 0.3) is 10.8 Å². The van der Waals surface area contributed by atoms with Crippen molar-refractivity contribution in [1.29, 1.82) is 0 Å². The number of sulfone groups is 1. The van der Waals surface area contributed by atoms with E-state index in [0.29, 0.717) is 34.9 Å². The highest BCUT2D eigenvalue weighted by Crippen LogP contribution is 2.44. The van der Waals surface area contributed by atoms with E-state index in [0.717, 1.165) is 0 Å². The first kappa shape index (κ1) is 29.4. The van der Waals surface area contributed by atoms with Crippen LogP contribution >= 0.6 is 0 Å². The summed E-state index contributed by atoms with van der Waals surface area (Å²) in [4.78, 5) is 43.6. The predicted octanol–water partition coefficient (Wildman–Crippen LogP) is 4.44. The molecule has 44 heavy (non-hydrogen) atoms. The van der Waals surface area contributed by atoms with E-state index in [9.17, 15) is 32.3 Å². The molecule has 1 aromatic heterocycles. The lowest BCUT2D eigenvalue weighted by Gasteiger charge is -2.32. The van der Waals surface area contributed by atoms with Crippen LogP contribution < -0.4 is 15.6 Å². The highest BCUT2D eigenvalue weighted by atomic mass is 32.2. The second-order valence-corrected chi connectivity index (χ2v) is 13.3. The van der Waals surface area contributed by atoms with Crippen LogP contribution in [-0.4, -0.2) is 54.2 Å². The number of carbonyl (C=O) groups is 2. The van der Waals surface area contributed by atoms with Crippen molar-refractivity contribution in [2.75, 3.05) is 19.0 Å². The topological polar surface area (TPSA) is 146 Å². The Morgan fingerprint density at radius 1 is 1.07 bits per heavy atom. The molecule has 12 heteroatoms. The second-order valence-electron chi connectivity index (χ2n) is 11.1. The lowest BCUT2D eigenvalue weighted by atomic mass is 9.93. The summed E-state index contributed by atoms with van der Waals surface area (Å²) in [7, 11) is -2.43. The molecule has 2 heterocycles. The molecule has 3 atom stereocenters. The zero-order chi connectivity index (χ0) is 31.2. The van der Waals surface area contributed by atoms with Gasteiger partial charge >= 0.3 is 5.97 Å². The van der Waals surface area contributed by atoms with E-state index in [1.807, 2.05) is 0 Å². The largest absolute Gasteiger partial charge is 0.494 e. The highest BCUT2D eigenvalue weighted by Gasteiger charge is 2.47. The van der Waals surface area contributed by atoms with Crippen LogP contribution in [0.4, 0.5) is 10.1 Å². The van der Waals surface area contributed by atoms with E-state index >= 15 is 0 Å². The van der Waals surface area contributed by atoms with E-state index < -0.39 is 50.8 Å². The van der Waals surface area contributed by atoms with Crippen molar-refractivity contribution in [2.24, 2.45) is 5.92 Å². The Labute approximate surface area is 252 Å². The SMILES string of the molecule is COc1cc(C(Nc2ccc3cc[nH]c(=O)c3c2)C(=O)N2CCC(C(=O)O)C2c2ccccc2S(=O)(=O)C2CC2)ccc1F. The molecule has 1 saturated heterocycles. The molecule has 1 amide bonds. The Balaban J connectivity index is 1.45. The molecule has 0 spiro atoms. The average molecular weight is 620 g/mol. The number of carboxylic acid groups (broad SMARTS) is 1. The third-order valence-corrected chi connectivity index (χ3v) is 10.7. The van der Waals surface area contributed by atoms with E-state index in [4.69, 9.17) is 4.74 Å². The number of nitrogens with one attached hydrogen (secondary N) is 2. The number of carbonyl (C=O) groups excluding carboxylic acids is 1. The van der Waals surface area contributed by atoms with Gasteiger partial charge in [-0.3, -0.25) is 14.4 Å². The number of rotatable bonds is 9. The Hall–Kier alpha value is -4.71. The van der Waals surface area contributed by atoms with Crippen molar-refractivity contribution >= 4 is 38.2 Å². The number of fused-ring (bicyclic) bond motifs is 1. The fraction of sp³-hybridized carbons (Fsp3) is 0.281. The molecule has 4 aromatic rings. The number of methoxy groups -OCH3 is 1. The predicted molar refractivity (Wildman–Crippen MR) is 161 cm³/mol. The van der Waals surface area contributed by atoms with Gasteiger partial charge in [0.25, 0.3) is 5.56 Å². The summed E-state index contributed by atoms with van der Waals surface area (Å²) in [5.74, 6) is -3.49. The normalized spacial score (nSPS) is 19.1. The number of carboxylic acids is 1. The summed E-state index contributed by atoms with van der Waals surface area (Å²) in [6.45, 7) is 0.0478. The zero-order valence-corrected chi connectivity index (χ0v) is 24.5. The quantitative estimate of drug-likeness (QED) is 0.249. The number of hydrogen-bond acceptors (Lipinski definition) is 7. The summed E-state index contributed by atoms with van der Waals surface area (Å²) in [6.07, 6.45) is 2.69. The number of aromatic amines is 1. The van der Waals surface area contributed by atoms with Crippen LogP contribution in [0.15, 0.2) is 82.6 Å². The van der Waals surface area contributed by atoms with Gasteiger partial charge < -0.3 is 25.0 Å². The summed E-state index contributed by atoms with van der Waals surface area (Å²) in [5, 5.41) is 13.9. The van der Waals surface area contributed by atoms with Crippen LogP contribution in [0, 0.1) is 11.7 Å². The maximum atomic E-state index is 14.5. The zero-order valence-electron chi connectivity index (χ0n) is 23.7. The van der Waals surface area contributed by atoms with Gasteiger partial charge in [-0.15, -0.1) is 0 Å². The Kier molecular flexibility index (Phi) is 7.62. The van der Waals surface area contributed by atoms with Gasteiger partial charge in [0.1, 0.15) is 6.04 Å². The number of pyridine rings is 1. The molecule has 6 rings (SSSR count). The molecule has 2 aliphatic rings. The molecule has 10 nitrogen and oxygen atoms in total. The van der Waals surface area contributed by atoms with Crippen molar-refractivity contribution in [1.82, 2.24) is 9.88 Å². The molecule has 228 valence electrons. The van der Waals surface area contributed by atoms with E-state index in [1.165, 1.54) is 42.5 Å². The first-order valence-corrected chi connectivity index (χ1v) is 15.7. The van der Waals surface area contributed by atoms with Gasteiger partial charge in [0.05, 0.1) is 29.2 Å². The molecule has 3 unspecified atom stereocenters. The lowest BCUT2D eigenvalue weighted by molar-refractivity contribution is -0.143. The molecule has 1 aliphatic carbocycles. The number of halogens is 1. The van der Waals surface area contributed by atoms with Gasteiger partial charge in [-0.25, -0.2) is 12.8 Å². The Bertz CT molecular complexity index is 1940. The maximum absolute atomic E-state index is 14.5. The van der Waals surface area contributed by atoms with Crippen LogP contribution in [0.3, 0.4) is 0 Å². The first-order valence-electron chi connectivity index (χ1n) is 14.2. The molecule has 1 aliphatic heterocycles. The second kappa shape index (κ2) is 11.4. The minimum absolute atomic E-state index is 0.0279. The molecule has 0 bridgehead atoms. The number of nitrogens with zero attached hydrogens (tertiary/aromatic N) is 1. The van der Waals surface area contributed by atoms with Gasteiger partial charge in [0, 0.05) is 23.8 Å². The summed E-state index contributed by atoms with van der Waals surface area (Å²) in [6, 6.07) is 14.7. The molecule has 3 N–H and O–H groups in total. The smallest absolute Gasteiger partial charge is 0.309 e. The van der Waals surface area contributed by atoms with Crippen molar-refractivity contribution in [3.05, 3.63) is 100 Å². The molecular weight excluding hydrogens is 589 g/mol. The maximum Gasteiger partial charge on any atom is 0.309 e. The van der Waals surface area contributed by atoms with Crippen LogP contribution in [0.1, 0.15) is 42.5 Å². The van der Waals surface area contributed by atoms with Crippen LogP contribution in [0.2, 0.25) is 0 Å². The number of benzene rings is 3. The fourth-order valence-corrected chi connectivity index (χ4v) is 7.88. The molecule has 2 fully saturated rings. The molecule has 1 saturated carbocycles. The Morgan fingerprint density at radius 3 is 2.57 bits per heavy atom. The number of hydrogen-bond donors (Lipinski definition) is 3. The van der Waals surface area contributed by atoms with Crippen LogP contribution in [-0.2, 0) is 19.4 Å². The summed E-state index contributed by atoms with van der Waals surface area (Å²) in [5.41, 5.74) is 0.671. The van der Waals surface area contributed by atoms with Crippen molar-refractivity contribution < 1.29 is 32.2 Å². The number of anilines is 1. The van der Waals surface area contributed by atoms with Crippen molar-refractivity contribution in [3.63, 3.8) is 0 Å². The van der Waals surface area contributed by atoms with E-state index in [1.54, 1.807) is 42.5 Å². The molecule has 3 aromatic carbocycles. The number of ether oxygens (including phenoxy) is 1. The third kappa shape index (κ3) is 5.30. The number of H-pyrrole nitrogens is 1. The first-order chi connectivity index (χ1) is 21.1.